The lowest BCUT2D eigenvalue weighted by Gasteiger charge is -2.37. The molecule has 0 amide bonds. The quantitative estimate of drug-likeness (QED) is 0.133. The van der Waals surface area contributed by atoms with Gasteiger partial charge in [0.2, 0.25) is 0 Å². The number of amidine groups is 1. The van der Waals surface area contributed by atoms with Gasteiger partial charge in [0.15, 0.2) is 5.82 Å². The molecule has 0 radical (unpaired) electrons. The minimum Gasteiger partial charge on any atom is -0.462 e. The van der Waals surface area contributed by atoms with E-state index in [9.17, 15) is 4.79 Å². The summed E-state index contributed by atoms with van der Waals surface area (Å²) in [5.74, 6) is 1.05. The van der Waals surface area contributed by atoms with E-state index in [1.807, 2.05) is 104 Å². The van der Waals surface area contributed by atoms with Gasteiger partial charge >= 0.3 is 5.97 Å². The molecular formula is C28H29N6O2PS2. The lowest BCUT2D eigenvalue weighted by molar-refractivity contribution is 0.0528. The molecule has 2 aromatic heterocycles. The number of aromatic nitrogens is 2. The Kier molecular flexibility index (Phi) is 7.53. The molecule has 200 valence electrons. The number of thiophene rings is 1. The second-order valence-electron chi connectivity index (χ2n) is 9.14. The lowest BCUT2D eigenvalue weighted by Crippen LogP contribution is -2.37. The van der Waals surface area contributed by atoms with E-state index in [4.69, 9.17) is 26.6 Å². The second-order valence-corrected chi connectivity index (χ2v) is 14.7. The molecule has 0 aliphatic carbocycles. The van der Waals surface area contributed by atoms with E-state index in [1.54, 1.807) is 13.3 Å². The number of esters is 1. The molecule has 0 saturated heterocycles. The molecule has 0 bridgehead atoms. The van der Waals surface area contributed by atoms with Crippen molar-refractivity contribution >= 4 is 68.2 Å². The highest BCUT2D eigenvalue weighted by molar-refractivity contribution is 8.22. The molecule has 1 aliphatic rings. The van der Waals surface area contributed by atoms with E-state index in [-0.39, 0.29) is 6.61 Å². The first-order valence-electron chi connectivity index (χ1n) is 12.4. The minimum atomic E-state index is -2.74. The van der Waals surface area contributed by atoms with Crippen molar-refractivity contribution in [3.63, 3.8) is 0 Å². The molecule has 0 spiro atoms. The van der Waals surface area contributed by atoms with Gasteiger partial charge < -0.3 is 14.3 Å². The van der Waals surface area contributed by atoms with E-state index < -0.39 is 12.2 Å². The van der Waals surface area contributed by atoms with Gasteiger partial charge in [-0.1, -0.05) is 60.3 Å². The van der Waals surface area contributed by atoms with Crippen molar-refractivity contribution in [1.82, 2.24) is 19.4 Å². The Morgan fingerprint density at radius 1 is 1.15 bits per heavy atom. The predicted molar refractivity (Wildman–Crippen MR) is 164 cm³/mol. The molecule has 39 heavy (non-hydrogen) atoms. The molecule has 8 nitrogen and oxygen atoms in total. The third-order valence-electron chi connectivity index (χ3n) is 6.18. The zero-order valence-electron chi connectivity index (χ0n) is 22.4. The number of rotatable bonds is 7. The van der Waals surface area contributed by atoms with Crippen LogP contribution in [-0.4, -0.2) is 65.2 Å². The van der Waals surface area contributed by atoms with Crippen molar-refractivity contribution in [1.29, 1.82) is 0 Å². The number of hydrogen-bond acceptors (Lipinski definition) is 7. The number of hydrogen-bond donors (Lipinski definition) is 0. The maximum Gasteiger partial charge on any atom is 0.341 e. The number of aliphatic imine (C=N–C) groups is 2. The van der Waals surface area contributed by atoms with Crippen LogP contribution in [0.4, 0.5) is 10.8 Å². The van der Waals surface area contributed by atoms with Gasteiger partial charge in [-0.15, -0.1) is 11.3 Å². The van der Waals surface area contributed by atoms with Crippen LogP contribution >= 0.6 is 17.5 Å². The Bertz CT molecular complexity index is 1630. The molecule has 1 unspecified atom stereocenters. The summed E-state index contributed by atoms with van der Waals surface area (Å²) < 4.78 is 10.2. The summed E-state index contributed by atoms with van der Waals surface area (Å²) in [7, 11) is 5.75. The first kappa shape index (κ1) is 27.0. The van der Waals surface area contributed by atoms with Gasteiger partial charge in [0.05, 0.1) is 39.8 Å². The van der Waals surface area contributed by atoms with E-state index in [2.05, 4.69) is 9.66 Å². The Balaban J connectivity index is 1.79. The zero-order valence-corrected chi connectivity index (χ0v) is 24.9. The Morgan fingerprint density at radius 3 is 2.46 bits per heavy atom. The van der Waals surface area contributed by atoms with E-state index in [0.717, 1.165) is 32.7 Å². The fraction of sp³-hybridized carbons (Fsp3) is 0.214. The lowest BCUT2D eigenvalue weighted by atomic mass is 10.2. The first-order chi connectivity index (χ1) is 18.8. The van der Waals surface area contributed by atoms with Gasteiger partial charge in [0.1, 0.15) is 17.0 Å². The molecule has 1 atom stereocenters. The number of fused-ring (bicyclic) bond motifs is 1. The van der Waals surface area contributed by atoms with E-state index in [1.165, 1.54) is 11.3 Å². The highest BCUT2D eigenvalue weighted by atomic mass is 32.4. The first-order valence-corrected chi connectivity index (χ1v) is 16.0. The minimum absolute atomic E-state index is 0.271. The third kappa shape index (κ3) is 4.84. The third-order valence-corrected chi connectivity index (χ3v) is 13.2. The SMILES string of the molecule is CCOC(=O)c1cc(P2(=S)c3c(C)nn(-c4ccccc4)c3N=C(c3ccccc3)N2C)sc1/N=C/N(C)C. The highest BCUT2D eigenvalue weighted by Crippen LogP contribution is 2.56. The van der Waals surface area contributed by atoms with Crippen LogP contribution < -0.4 is 9.92 Å². The molecular weight excluding hydrogens is 547 g/mol. The van der Waals surface area contributed by atoms with Gasteiger partial charge in [0.25, 0.3) is 0 Å². The standard InChI is InChI=1S/C28H29N6O2PS2/c1-6-36-28(35)22-17-23(39-27(22)29-18-32(3)4)37(38)24-19(2)31-34(21-15-11-8-12-16-21)26(24)30-25(33(37)5)20-13-9-7-10-14-20/h7-18H,6H2,1-5H3/b29-18+. The Hall–Kier alpha value is -3.59. The molecule has 1 aliphatic heterocycles. The van der Waals surface area contributed by atoms with Crippen LogP contribution in [0, 0.1) is 6.92 Å². The number of aryl methyl sites for hydroxylation is 1. The smallest absolute Gasteiger partial charge is 0.341 e. The molecule has 5 rings (SSSR count). The maximum absolute atomic E-state index is 13.0. The van der Waals surface area contributed by atoms with Crippen molar-refractivity contribution in [2.45, 2.75) is 13.8 Å². The zero-order chi connectivity index (χ0) is 27.7. The summed E-state index contributed by atoms with van der Waals surface area (Å²) in [6.07, 6.45) is -1.06. The molecule has 11 heteroatoms. The Morgan fingerprint density at radius 2 is 1.82 bits per heavy atom. The predicted octanol–water partition coefficient (Wildman–Crippen LogP) is 5.01. The number of carbonyl (C=O) groups is 1. The van der Waals surface area contributed by atoms with Crippen LogP contribution in [-0.2, 0) is 16.5 Å². The largest absolute Gasteiger partial charge is 0.462 e. The summed E-state index contributed by atoms with van der Waals surface area (Å²) in [6, 6.07) is 21.8. The maximum atomic E-state index is 13.0. The van der Waals surface area contributed by atoms with Crippen LogP contribution in [0.1, 0.15) is 28.5 Å². The number of ether oxygens (including phenoxy) is 1. The number of carbonyl (C=O) groups excluding carboxylic acids is 1. The summed E-state index contributed by atoms with van der Waals surface area (Å²) in [6.45, 7) is 4.04. The fourth-order valence-electron chi connectivity index (χ4n) is 4.40. The second kappa shape index (κ2) is 10.9. The van der Waals surface area contributed by atoms with E-state index >= 15 is 0 Å². The van der Waals surface area contributed by atoms with Gasteiger partial charge in [-0.3, -0.25) is 0 Å². The van der Waals surface area contributed by atoms with Crippen molar-refractivity contribution in [2.24, 2.45) is 9.98 Å². The van der Waals surface area contributed by atoms with Gasteiger partial charge in [0, 0.05) is 26.7 Å². The monoisotopic (exact) mass is 576 g/mol. The van der Waals surface area contributed by atoms with E-state index in [0.29, 0.717) is 16.4 Å². The van der Waals surface area contributed by atoms with Crippen molar-refractivity contribution < 1.29 is 9.53 Å². The van der Waals surface area contributed by atoms with Crippen molar-refractivity contribution in [3.05, 3.63) is 83.6 Å². The average Bonchev–Trinajstić information content (AvgIpc) is 3.52. The van der Waals surface area contributed by atoms with Gasteiger partial charge in [-0.25, -0.2) is 19.5 Å². The average molecular weight is 577 g/mol. The molecule has 3 heterocycles. The molecule has 0 fully saturated rings. The topological polar surface area (TPSA) is 75.3 Å². The van der Waals surface area contributed by atoms with Gasteiger partial charge in [-0.2, -0.15) is 5.10 Å². The number of para-hydroxylation sites is 1. The summed E-state index contributed by atoms with van der Waals surface area (Å²) in [5.41, 5.74) is 3.07. The molecule has 2 aromatic carbocycles. The van der Waals surface area contributed by atoms with Gasteiger partial charge in [-0.05, 0) is 32.0 Å². The highest BCUT2D eigenvalue weighted by Gasteiger charge is 2.42. The van der Waals surface area contributed by atoms with Crippen LogP contribution in [0.2, 0.25) is 0 Å². The summed E-state index contributed by atoms with van der Waals surface area (Å²) >= 11 is 8.11. The number of benzene rings is 2. The van der Waals surface area contributed by atoms with Crippen molar-refractivity contribution in [2.75, 3.05) is 27.7 Å². The van der Waals surface area contributed by atoms with Crippen LogP contribution in [0.3, 0.4) is 0 Å². The summed E-state index contributed by atoms with van der Waals surface area (Å²) in [4.78, 5) is 24.6. The normalized spacial score (nSPS) is 16.7. The Labute approximate surface area is 237 Å². The molecule has 0 saturated carbocycles. The van der Waals surface area contributed by atoms with Crippen LogP contribution in [0.15, 0.2) is 76.7 Å². The summed E-state index contributed by atoms with van der Waals surface area (Å²) in [5, 5.41) is 6.39. The fourth-order valence-corrected chi connectivity index (χ4v) is 10.3. The van der Waals surface area contributed by atoms with Crippen LogP contribution in [0.5, 0.6) is 0 Å². The number of nitrogens with zero attached hydrogens (tertiary/aromatic N) is 6. The van der Waals surface area contributed by atoms with Crippen molar-refractivity contribution in [3.8, 4) is 5.69 Å². The van der Waals surface area contributed by atoms with Crippen LogP contribution in [0.25, 0.3) is 5.69 Å². The molecule has 4 aromatic rings. The molecule has 0 N–H and O–H groups in total.